The van der Waals surface area contributed by atoms with E-state index in [1.54, 1.807) is 0 Å². The first-order chi connectivity index (χ1) is 12.2. The van der Waals surface area contributed by atoms with Crippen LogP contribution in [0.2, 0.25) is 0 Å². The molecule has 1 aliphatic heterocycles. The Hall–Kier alpha value is -2.35. The molecule has 2 aromatic heterocycles. The average Bonchev–Trinajstić information content (AvgIpc) is 3.06. The predicted octanol–water partition coefficient (Wildman–Crippen LogP) is 2.65. The SMILES string of the molecule is Cc1nccn1-c1ccc(CNc2nc(N)nc3c2CCNC3)cc1.Cl.Cl. The summed E-state index contributed by atoms with van der Waals surface area (Å²) in [5.74, 6) is 2.14. The zero-order valence-electron chi connectivity index (χ0n) is 15.0. The number of nitrogen functional groups attached to an aromatic ring is 1. The Morgan fingerprint density at radius 2 is 1.96 bits per heavy atom. The first kappa shape index (κ1) is 21.0. The fraction of sp³-hybridized carbons (Fsp3) is 0.278. The van der Waals surface area contributed by atoms with Gasteiger partial charge in [-0.15, -0.1) is 24.8 Å². The summed E-state index contributed by atoms with van der Waals surface area (Å²) in [6.45, 7) is 4.37. The van der Waals surface area contributed by atoms with E-state index in [0.717, 1.165) is 42.5 Å². The predicted molar refractivity (Wildman–Crippen MR) is 112 cm³/mol. The Labute approximate surface area is 170 Å². The summed E-state index contributed by atoms with van der Waals surface area (Å²) in [6, 6.07) is 8.42. The largest absolute Gasteiger partial charge is 0.368 e. The van der Waals surface area contributed by atoms with Gasteiger partial charge in [-0.25, -0.2) is 9.97 Å². The van der Waals surface area contributed by atoms with Crippen LogP contribution in [0, 0.1) is 6.92 Å². The van der Waals surface area contributed by atoms with E-state index in [1.165, 1.54) is 11.1 Å². The molecule has 1 aromatic carbocycles. The summed E-state index contributed by atoms with van der Waals surface area (Å²) in [7, 11) is 0. The molecular formula is C18H23Cl2N7. The molecule has 4 N–H and O–H groups in total. The van der Waals surface area contributed by atoms with Crippen LogP contribution in [-0.2, 0) is 19.5 Å². The van der Waals surface area contributed by atoms with Crippen LogP contribution in [0.4, 0.5) is 11.8 Å². The summed E-state index contributed by atoms with van der Waals surface area (Å²) in [5, 5.41) is 6.73. The molecular weight excluding hydrogens is 385 g/mol. The highest BCUT2D eigenvalue weighted by Crippen LogP contribution is 2.22. The Morgan fingerprint density at radius 1 is 1.19 bits per heavy atom. The lowest BCUT2D eigenvalue weighted by atomic mass is 10.1. The number of imidazole rings is 1. The van der Waals surface area contributed by atoms with Crippen molar-refractivity contribution in [2.75, 3.05) is 17.6 Å². The van der Waals surface area contributed by atoms with Gasteiger partial charge in [-0.1, -0.05) is 12.1 Å². The van der Waals surface area contributed by atoms with Gasteiger partial charge in [0.1, 0.15) is 11.6 Å². The lowest BCUT2D eigenvalue weighted by Gasteiger charge is -2.20. The van der Waals surface area contributed by atoms with Crippen LogP contribution in [0.1, 0.15) is 22.6 Å². The van der Waals surface area contributed by atoms with E-state index in [1.807, 2.05) is 19.3 Å². The summed E-state index contributed by atoms with van der Waals surface area (Å²) >= 11 is 0. The monoisotopic (exact) mass is 407 g/mol. The molecule has 0 fully saturated rings. The highest BCUT2D eigenvalue weighted by atomic mass is 35.5. The molecule has 0 atom stereocenters. The fourth-order valence-corrected chi connectivity index (χ4v) is 3.14. The van der Waals surface area contributed by atoms with Gasteiger partial charge in [0.05, 0.1) is 5.69 Å². The lowest BCUT2D eigenvalue weighted by molar-refractivity contribution is 0.625. The van der Waals surface area contributed by atoms with Crippen LogP contribution >= 0.6 is 24.8 Å². The van der Waals surface area contributed by atoms with Crippen LogP contribution < -0.4 is 16.4 Å². The molecule has 144 valence electrons. The number of nitrogens with one attached hydrogen (secondary N) is 2. The molecule has 4 rings (SSSR count). The van der Waals surface area contributed by atoms with Crippen molar-refractivity contribution in [1.82, 2.24) is 24.8 Å². The highest BCUT2D eigenvalue weighted by molar-refractivity contribution is 5.85. The number of rotatable bonds is 4. The molecule has 0 aliphatic carbocycles. The van der Waals surface area contributed by atoms with E-state index in [-0.39, 0.29) is 24.8 Å². The summed E-state index contributed by atoms with van der Waals surface area (Å²) in [6.07, 6.45) is 4.69. The number of anilines is 2. The van der Waals surface area contributed by atoms with E-state index in [9.17, 15) is 0 Å². The van der Waals surface area contributed by atoms with Crippen LogP contribution in [0.15, 0.2) is 36.7 Å². The Kier molecular flexibility index (Phi) is 7.01. The summed E-state index contributed by atoms with van der Waals surface area (Å²) in [4.78, 5) is 13.0. The van der Waals surface area contributed by atoms with Gasteiger partial charge < -0.3 is 20.9 Å². The van der Waals surface area contributed by atoms with Gasteiger partial charge in [-0.3, -0.25) is 0 Å². The fourth-order valence-electron chi connectivity index (χ4n) is 3.14. The molecule has 3 aromatic rings. The number of aromatic nitrogens is 4. The van der Waals surface area contributed by atoms with Crippen molar-refractivity contribution < 1.29 is 0 Å². The first-order valence-corrected chi connectivity index (χ1v) is 8.40. The molecule has 9 heteroatoms. The molecule has 3 heterocycles. The Morgan fingerprint density at radius 3 is 2.67 bits per heavy atom. The summed E-state index contributed by atoms with van der Waals surface area (Å²) < 4.78 is 2.06. The van der Waals surface area contributed by atoms with Crippen molar-refractivity contribution >= 4 is 36.6 Å². The van der Waals surface area contributed by atoms with Gasteiger partial charge in [0.15, 0.2) is 0 Å². The van der Waals surface area contributed by atoms with Gasteiger partial charge in [-0.05, 0) is 37.6 Å². The van der Waals surface area contributed by atoms with Crippen molar-refractivity contribution in [2.45, 2.75) is 26.4 Å². The molecule has 0 radical (unpaired) electrons. The van der Waals surface area contributed by atoms with Gasteiger partial charge >= 0.3 is 0 Å². The van der Waals surface area contributed by atoms with Crippen LogP contribution in [0.3, 0.4) is 0 Å². The van der Waals surface area contributed by atoms with Crippen molar-refractivity contribution in [2.24, 2.45) is 0 Å². The quantitative estimate of drug-likeness (QED) is 0.615. The zero-order chi connectivity index (χ0) is 17.2. The molecule has 0 saturated carbocycles. The van der Waals surface area contributed by atoms with Crippen molar-refractivity contribution in [3.05, 3.63) is 59.3 Å². The van der Waals surface area contributed by atoms with E-state index in [0.29, 0.717) is 12.5 Å². The molecule has 27 heavy (non-hydrogen) atoms. The number of aryl methyl sites for hydroxylation is 1. The highest BCUT2D eigenvalue weighted by Gasteiger charge is 2.16. The number of benzene rings is 1. The van der Waals surface area contributed by atoms with Gasteiger partial charge in [0, 0.05) is 36.7 Å². The number of nitrogens with two attached hydrogens (primary N) is 1. The Bertz CT molecular complexity index is 893. The number of hydrogen-bond acceptors (Lipinski definition) is 6. The third-order valence-corrected chi connectivity index (χ3v) is 4.45. The standard InChI is InChI=1S/C18H21N7.2ClH/c1-12-21-8-9-25(12)14-4-2-13(3-5-14)10-22-17-15-6-7-20-11-16(15)23-18(19)24-17;;/h2-5,8-9,20H,6-7,10-11H2,1H3,(H3,19,22,23,24);2*1H. The average molecular weight is 408 g/mol. The maximum Gasteiger partial charge on any atom is 0.222 e. The van der Waals surface area contributed by atoms with Crippen molar-refractivity contribution in [3.63, 3.8) is 0 Å². The van der Waals surface area contributed by atoms with Crippen molar-refractivity contribution in [3.8, 4) is 5.69 Å². The minimum Gasteiger partial charge on any atom is -0.368 e. The number of hydrogen-bond donors (Lipinski definition) is 3. The molecule has 0 amide bonds. The topological polar surface area (TPSA) is 93.7 Å². The van der Waals surface area contributed by atoms with Crippen LogP contribution in [0.25, 0.3) is 5.69 Å². The van der Waals surface area contributed by atoms with Gasteiger partial charge in [0.25, 0.3) is 0 Å². The number of halogens is 2. The second-order valence-corrected chi connectivity index (χ2v) is 6.15. The van der Waals surface area contributed by atoms with Crippen LogP contribution in [-0.4, -0.2) is 26.1 Å². The molecule has 1 aliphatic rings. The van der Waals surface area contributed by atoms with E-state index < -0.39 is 0 Å². The smallest absolute Gasteiger partial charge is 0.222 e. The maximum absolute atomic E-state index is 5.84. The van der Waals surface area contributed by atoms with E-state index in [2.05, 4.69) is 54.4 Å². The zero-order valence-corrected chi connectivity index (χ0v) is 16.6. The lowest BCUT2D eigenvalue weighted by Crippen LogP contribution is -2.26. The summed E-state index contributed by atoms with van der Waals surface area (Å²) in [5.41, 5.74) is 10.3. The molecule has 0 saturated heterocycles. The Balaban J connectivity index is 0.00000131. The molecule has 0 bridgehead atoms. The van der Waals surface area contributed by atoms with E-state index >= 15 is 0 Å². The van der Waals surface area contributed by atoms with Crippen molar-refractivity contribution in [1.29, 1.82) is 0 Å². The minimum atomic E-state index is 0. The van der Waals surface area contributed by atoms with Crippen LogP contribution in [0.5, 0.6) is 0 Å². The molecule has 7 nitrogen and oxygen atoms in total. The minimum absolute atomic E-state index is 0. The number of nitrogens with zero attached hydrogens (tertiary/aromatic N) is 4. The molecule has 0 spiro atoms. The van der Waals surface area contributed by atoms with E-state index in [4.69, 9.17) is 5.73 Å². The third kappa shape index (κ3) is 4.50. The van der Waals surface area contributed by atoms with Gasteiger partial charge in [-0.2, -0.15) is 4.98 Å². The maximum atomic E-state index is 5.84. The second kappa shape index (κ2) is 9.03. The van der Waals surface area contributed by atoms with Gasteiger partial charge in [0.2, 0.25) is 5.95 Å². The second-order valence-electron chi connectivity index (χ2n) is 6.15. The normalized spacial score (nSPS) is 12.5. The molecule has 0 unspecified atom stereocenters. The number of fused-ring (bicyclic) bond motifs is 1. The first-order valence-electron chi connectivity index (χ1n) is 8.40. The third-order valence-electron chi connectivity index (χ3n) is 4.45.